The van der Waals surface area contributed by atoms with Gasteiger partial charge in [0.2, 0.25) is 11.8 Å². The van der Waals surface area contributed by atoms with Crippen LogP contribution in [0.4, 0.5) is 0 Å². The largest absolute Gasteiger partial charge is 0.387 e. The van der Waals surface area contributed by atoms with Crippen LogP contribution in [0.25, 0.3) is 0 Å². The highest BCUT2D eigenvalue weighted by Gasteiger charge is 2.32. The summed E-state index contributed by atoms with van der Waals surface area (Å²) in [4.78, 5) is 30.7. The van der Waals surface area contributed by atoms with Gasteiger partial charge < -0.3 is 15.3 Å². The fraction of sp³-hybridized carbons (Fsp3) is 0.476. The van der Waals surface area contributed by atoms with Crippen LogP contribution in [0.2, 0.25) is 0 Å². The lowest BCUT2D eigenvalue weighted by molar-refractivity contribution is -0.138. The fourth-order valence-electron chi connectivity index (χ4n) is 3.30. The maximum atomic E-state index is 12.6. The summed E-state index contributed by atoms with van der Waals surface area (Å²) in [7, 11) is 0. The van der Waals surface area contributed by atoms with Crippen LogP contribution in [0.5, 0.6) is 0 Å². The maximum absolute atomic E-state index is 12.6. The summed E-state index contributed by atoms with van der Waals surface area (Å²) in [6, 6.07) is 5.71. The molecule has 1 saturated heterocycles. The quantitative estimate of drug-likeness (QED) is 0.615. The van der Waals surface area contributed by atoms with Gasteiger partial charge in [0, 0.05) is 44.4 Å². The van der Waals surface area contributed by atoms with Gasteiger partial charge in [-0.1, -0.05) is 18.2 Å². The van der Waals surface area contributed by atoms with Gasteiger partial charge in [-0.05, 0) is 31.4 Å². The number of carbonyl (C=O) groups excluding carboxylic acids is 2. The summed E-state index contributed by atoms with van der Waals surface area (Å²) in [6.45, 7) is 8.40. The van der Waals surface area contributed by atoms with Crippen LogP contribution in [0.3, 0.4) is 0 Å². The number of aliphatic hydroxyl groups is 1. The van der Waals surface area contributed by atoms with E-state index in [0.717, 1.165) is 5.69 Å². The fourth-order valence-corrected chi connectivity index (χ4v) is 3.30. The number of likely N-dealkylation sites (tertiary alicyclic amines) is 1. The van der Waals surface area contributed by atoms with Crippen molar-refractivity contribution in [3.63, 3.8) is 0 Å². The average Bonchev–Trinajstić information content (AvgIpc) is 2.67. The lowest BCUT2D eigenvalue weighted by atomic mass is 9.93. The van der Waals surface area contributed by atoms with E-state index in [-0.39, 0.29) is 24.3 Å². The van der Waals surface area contributed by atoms with Crippen molar-refractivity contribution in [1.29, 1.82) is 0 Å². The van der Waals surface area contributed by atoms with Crippen molar-refractivity contribution in [1.82, 2.24) is 15.2 Å². The van der Waals surface area contributed by atoms with Crippen LogP contribution in [-0.2, 0) is 16.0 Å². The monoisotopic (exact) mass is 371 g/mol. The molecular formula is C21H29N3O3. The highest BCUT2D eigenvalue weighted by molar-refractivity contribution is 5.83. The van der Waals surface area contributed by atoms with Gasteiger partial charge in [0.1, 0.15) is 0 Å². The SMILES string of the molecule is C=CCC(O)(CC=C)CNC(=O)[C@H]1CCC(=O)N(CCc2ccccn2)C1. The van der Waals surface area contributed by atoms with Crippen LogP contribution in [-0.4, -0.2) is 52.0 Å². The van der Waals surface area contributed by atoms with Crippen molar-refractivity contribution in [2.24, 2.45) is 5.92 Å². The van der Waals surface area contributed by atoms with E-state index in [9.17, 15) is 14.7 Å². The second-order valence-electron chi connectivity index (χ2n) is 7.07. The van der Waals surface area contributed by atoms with Gasteiger partial charge in [-0.15, -0.1) is 13.2 Å². The molecule has 1 aliphatic rings. The third-order valence-corrected chi connectivity index (χ3v) is 4.88. The second kappa shape index (κ2) is 10.0. The summed E-state index contributed by atoms with van der Waals surface area (Å²) in [5.41, 5.74) is -0.140. The van der Waals surface area contributed by atoms with Crippen LogP contribution < -0.4 is 5.32 Å². The molecule has 1 fully saturated rings. The first-order chi connectivity index (χ1) is 13.0. The van der Waals surface area contributed by atoms with E-state index in [1.807, 2.05) is 18.2 Å². The molecule has 2 rings (SSSR count). The molecule has 1 atom stereocenters. The van der Waals surface area contributed by atoms with Crippen molar-refractivity contribution < 1.29 is 14.7 Å². The molecule has 0 aliphatic carbocycles. The molecule has 6 nitrogen and oxygen atoms in total. The summed E-state index contributed by atoms with van der Waals surface area (Å²) < 4.78 is 0. The Bertz CT molecular complexity index is 650. The smallest absolute Gasteiger partial charge is 0.225 e. The summed E-state index contributed by atoms with van der Waals surface area (Å²) in [6.07, 6.45) is 7.31. The number of rotatable bonds is 10. The van der Waals surface area contributed by atoms with Gasteiger partial charge in [-0.25, -0.2) is 0 Å². The topological polar surface area (TPSA) is 82.5 Å². The molecular weight excluding hydrogens is 342 g/mol. The molecule has 0 unspecified atom stereocenters. The van der Waals surface area contributed by atoms with Gasteiger partial charge in [0.15, 0.2) is 0 Å². The van der Waals surface area contributed by atoms with Gasteiger partial charge in [-0.2, -0.15) is 0 Å². The predicted molar refractivity (Wildman–Crippen MR) is 105 cm³/mol. The van der Waals surface area contributed by atoms with Crippen molar-refractivity contribution in [2.45, 2.75) is 37.7 Å². The normalized spacial score (nSPS) is 17.4. The standard InChI is InChI=1S/C21H29N3O3/c1-3-11-21(27,12-4-2)16-23-20(26)17-8-9-19(25)24(15-17)14-10-18-7-5-6-13-22-18/h3-7,13,17,27H,1-2,8-12,14-16H2,(H,23,26)/t17-/m0/s1. The molecule has 27 heavy (non-hydrogen) atoms. The minimum atomic E-state index is -1.07. The number of hydrogen-bond acceptors (Lipinski definition) is 4. The zero-order valence-electron chi connectivity index (χ0n) is 15.8. The minimum absolute atomic E-state index is 0.0739. The van der Waals surface area contributed by atoms with Gasteiger partial charge in [0.25, 0.3) is 0 Å². The van der Waals surface area contributed by atoms with E-state index in [2.05, 4.69) is 23.5 Å². The molecule has 146 valence electrons. The lowest BCUT2D eigenvalue weighted by Crippen LogP contribution is -2.49. The Labute approximate surface area is 161 Å². The van der Waals surface area contributed by atoms with Crippen LogP contribution in [0.1, 0.15) is 31.4 Å². The summed E-state index contributed by atoms with van der Waals surface area (Å²) >= 11 is 0. The average molecular weight is 371 g/mol. The third-order valence-electron chi connectivity index (χ3n) is 4.88. The number of amides is 2. The molecule has 1 aromatic rings. The Hall–Kier alpha value is -2.47. The Kier molecular flexibility index (Phi) is 7.73. The highest BCUT2D eigenvalue weighted by Crippen LogP contribution is 2.20. The first kappa shape index (κ1) is 20.8. The van der Waals surface area contributed by atoms with Crippen molar-refractivity contribution in [3.05, 3.63) is 55.4 Å². The third kappa shape index (κ3) is 6.32. The predicted octanol–water partition coefficient (Wildman–Crippen LogP) is 1.86. The summed E-state index contributed by atoms with van der Waals surface area (Å²) in [5.74, 6) is -0.315. The zero-order valence-corrected chi connectivity index (χ0v) is 15.8. The second-order valence-corrected chi connectivity index (χ2v) is 7.07. The number of nitrogens with one attached hydrogen (secondary N) is 1. The molecule has 0 spiro atoms. The molecule has 0 saturated carbocycles. The number of carbonyl (C=O) groups is 2. The van der Waals surface area contributed by atoms with Gasteiger partial charge >= 0.3 is 0 Å². The number of pyridine rings is 1. The van der Waals surface area contributed by atoms with Crippen LogP contribution in [0.15, 0.2) is 49.7 Å². The summed E-state index contributed by atoms with van der Waals surface area (Å²) in [5, 5.41) is 13.4. The molecule has 0 bridgehead atoms. The Morgan fingerprint density at radius 3 is 2.74 bits per heavy atom. The molecule has 0 radical (unpaired) electrons. The maximum Gasteiger partial charge on any atom is 0.225 e. The Morgan fingerprint density at radius 1 is 1.37 bits per heavy atom. The highest BCUT2D eigenvalue weighted by atomic mass is 16.3. The number of hydrogen-bond donors (Lipinski definition) is 2. The first-order valence-corrected chi connectivity index (χ1v) is 9.37. The molecule has 1 aliphatic heterocycles. The zero-order chi connectivity index (χ0) is 19.7. The van der Waals surface area contributed by atoms with Crippen LogP contribution >= 0.6 is 0 Å². The molecule has 2 heterocycles. The van der Waals surface area contributed by atoms with Crippen molar-refractivity contribution >= 4 is 11.8 Å². The van der Waals surface area contributed by atoms with E-state index in [1.165, 1.54) is 0 Å². The Morgan fingerprint density at radius 2 is 2.11 bits per heavy atom. The molecule has 0 aromatic carbocycles. The van der Waals surface area contributed by atoms with Gasteiger partial charge in [-0.3, -0.25) is 14.6 Å². The van der Waals surface area contributed by atoms with Crippen LogP contribution in [0, 0.1) is 5.92 Å². The molecule has 1 aromatic heterocycles. The molecule has 2 N–H and O–H groups in total. The van der Waals surface area contributed by atoms with Crippen molar-refractivity contribution in [3.8, 4) is 0 Å². The number of nitrogens with zero attached hydrogens (tertiary/aromatic N) is 2. The minimum Gasteiger partial charge on any atom is -0.387 e. The number of aromatic nitrogens is 1. The van der Waals surface area contributed by atoms with Gasteiger partial charge in [0.05, 0.1) is 11.5 Å². The van der Waals surface area contributed by atoms with E-state index in [1.54, 1.807) is 23.2 Å². The number of piperidine rings is 1. The van der Waals surface area contributed by atoms with E-state index in [4.69, 9.17) is 0 Å². The van der Waals surface area contributed by atoms with E-state index in [0.29, 0.717) is 45.2 Å². The van der Waals surface area contributed by atoms with Crippen molar-refractivity contribution in [2.75, 3.05) is 19.6 Å². The Balaban J connectivity index is 1.88. The molecule has 6 heteroatoms. The lowest BCUT2D eigenvalue weighted by Gasteiger charge is -2.33. The molecule has 2 amide bonds. The van der Waals surface area contributed by atoms with E-state index < -0.39 is 5.60 Å². The van der Waals surface area contributed by atoms with E-state index >= 15 is 0 Å². The first-order valence-electron chi connectivity index (χ1n) is 9.37.